The Balaban J connectivity index is 2.80. The van der Waals surface area contributed by atoms with E-state index >= 15 is 0 Å². The molecule has 0 saturated heterocycles. The Morgan fingerprint density at radius 2 is 2.43 bits per heavy atom. The molecule has 1 saturated carbocycles. The minimum absolute atomic E-state index is 0.0894. The summed E-state index contributed by atoms with van der Waals surface area (Å²) in [5.74, 6) is 0.205. The second kappa shape index (κ2) is 4.74. The van der Waals surface area contributed by atoms with Crippen LogP contribution in [0.15, 0.2) is 12.7 Å². The van der Waals surface area contributed by atoms with Crippen molar-refractivity contribution in [1.29, 1.82) is 0 Å². The van der Waals surface area contributed by atoms with E-state index in [-0.39, 0.29) is 11.2 Å². The Morgan fingerprint density at radius 3 is 3.00 bits per heavy atom. The van der Waals surface area contributed by atoms with Gasteiger partial charge in [0.2, 0.25) is 0 Å². The van der Waals surface area contributed by atoms with Crippen molar-refractivity contribution in [2.75, 3.05) is 0 Å². The van der Waals surface area contributed by atoms with Gasteiger partial charge in [-0.05, 0) is 31.1 Å². The summed E-state index contributed by atoms with van der Waals surface area (Å²) in [7, 11) is 0. The highest BCUT2D eigenvalue weighted by molar-refractivity contribution is 5.79. The van der Waals surface area contributed by atoms with Crippen LogP contribution in [0.5, 0.6) is 0 Å². The second-order valence-electron chi connectivity index (χ2n) is 4.32. The molecule has 80 valence electrons. The summed E-state index contributed by atoms with van der Waals surface area (Å²) < 4.78 is 0. The zero-order chi connectivity index (χ0) is 10.6. The first-order chi connectivity index (χ1) is 6.64. The monoisotopic (exact) mass is 196 g/mol. The molecular weight excluding hydrogens is 176 g/mol. The third-order valence-corrected chi connectivity index (χ3v) is 3.51. The van der Waals surface area contributed by atoms with Crippen LogP contribution in [-0.2, 0) is 4.79 Å². The van der Waals surface area contributed by atoms with E-state index in [0.717, 1.165) is 25.7 Å². The van der Waals surface area contributed by atoms with Crippen molar-refractivity contribution < 1.29 is 9.90 Å². The quantitative estimate of drug-likeness (QED) is 0.556. The van der Waals surface area contributed by atoms with Gasteiger partial charge in [0.15, 0.2) is 0 Å². The van der Waals surface area contributed by atoms with E-state index in [0.29, 0.717) is 12.8 Å². The molecule has 14 heavy (non-hydrogen) atoms. The number of carbonyl (C=O) groups excluding carboxylic acids is 1. The fourth-order valence-corrected chi connectivity index (χ4v) is 2.42. The van der Waals surface area contributed by atoms with Crippen molar-refractivity contribution >= 4 is 5.78 Å². The lowest BCUT2D eigenvalue weighted by atomic mass is 9.73. The van der Waals surface area contributed by atoms with Crippen molar-refractivity contribution in [1.82, 2.24) is 0 Å². The lowest BCUT2D eigenvalue weighted by Gasteiger charge is -2.35. The lowest BCUT2D eigenvalue weighted by molar-refractivity contribution is -0.121. The highest BCUT2D eigenvalue weighted by Gasteiger charge is 2.37. The second-order valence-corrected chi connectivity index (χ2v) is 4.32. The predicted octanol–water partition coefficient (Wildman–Crippen LogP) is 2.46. The van der Waals surface area contributed by atoms with Crippen LogP contribution in [0, 0.1) is 5.41 Å². The SMILES string of the molecule is C=CC[C@]1(CC)CCCC(=O)CC1O. The Morgan fingerprint density at radius 1 is 1.71 bits per heavy atom. The van der Waals surface area contributed by atoms with Crippen LogP contribution in [0.1, 0.15) is 45.4 Å². The summed E-state index contributed by atoms with van der Waals surface area (Å²) in [5.41, 5.74) is -0.0894. The fraction of sp³-hybridized carbons (Fsp3) is 0.750. The molecule has 0 aromatic heterocycles. The van der Waals surface area contributed by atoms with Gasteiger partial charge in [0.25, 0.3) is 0 Å². The number of carbonyl (C=O) groups is 1. The van der Waals surface area contributed by atoms with Gasteiger partial charge in [-0.15, -0.1) is 6.58 Å². The summed E-state index contributed by atoms with van der Waals surface area (Å²) in [4.78, 5) is 11.3. The molecule has 0 heterocycles. The Labute approximate surface area is 86.0 Å². The first-order valence-electron chi connectivity index (χ1n) is 5.45. The highest BCUT2D eigenvalue weighted by atomic mass is 16.3. The molecular formula is C12H20O2. The topological polar surface area (TPSA) is 37.3 Å². The molecule has 0 aromatic rings. The number of aliphatic hydroxyl groups excluding tert-OH is 1. The van der Waals surface area contributed by atoms with Crippen LogP contribution in [0.4, 0.5) is 0 Å². The lowest BCUT2D eigenvalue weighted by Crippen LogP contribution is -2.34. The van der Waals surface area contributed by atoms with Crippen molar-refractivity contribution in [2.45, 2.75) is 51.6 Å². The number of hydrogen-bond donors (Lipinski definition) is 1. The number of ketones is 1. The van der Waals surface area contributed by atoms with Crippen molar-refractivity contribution in [3.8, 4) is 0 Å². The molecule has 0 spiro atoms. The Hall–Kier alpha value is -0.630. The summed E-state index contributed by atoms with van der Waals surface area (Å²) in [6.07, 6.45) is 5.96. The number of rotatable bonds is 3. The molecule has 2 atom stereocenters. The van der Waals surface area contributed by atoms with Gasteiger partial charge < -0.3 is 5.11 Å². The molecule has 1 unspecified atom stereocenters. The van der Waals surface area contributed by atoms with Gasteiger partial charge in [0.05, 0.1) is 6.10 Å². The van der Waals surface area contributed by atoms with Crippen LogP contribution in [-0.4, -0.2) is 17.0 Å². The summed E-state index contributed by atoms with van der Waals surface area (Å²) in [5, 5.41) is 10.0. The number of allylic oxidation sites excluding steroid dienone is 1. The molecule has 1 rings (SSSR count). The van der Waals surface area contributed by atoms with Crippen LogP contribution in [0.2, 0.25) is 0 Å². The maximum absolute atomic E-state index is 11.3. The van der Waals surface area contributed by atoms with E-state index in [9.17, 15) is 9.90 Å². The molecule has 1 fully saturated rings. The van der Waals surface area contributed by atoms with Gasteiger partial charge in [-0.3, -0.25) is 4.79 Å². The summed E-state index contributed by atoms with van der Waals surface area (Å²) >= 11 is 0. The molecule has 1 aliphatic rings. The maximum atomic E-state index is 11.3. The van der Waals surface area contributed by atoms with Crippen molar-refractivity contribution in [2.24, 2.45) is 5.41 Å². The summed E-state index contributed by atoms with van der Waals surface area (Å²) in [6.45, 7) is 5.82. The largest absolute Gasteiger partial charge is 0.392 e. The van der Waals surface area contributed by atoms with Gasteiger partial charge in [0.1, 0.15) is 5.78 Å². The average Bonchev–Trinajstić information content (AvgIpc) is 2.28. The van der Waals surface area contributed by atoms with Gasteiger partial charge in [0, 0.05) is 12.8 Å². The Bertz CT molecular complexity index is 222. The van der Waals surface area contributed by atoms with Crippen molar-refractivity contribution in [3.05, 3.63) is 12.7 Å². The smallest absolute Gasteiger partial charge is 0.135 e. The van der Waals surface area contributed by atoms with E-state index in [4.69, 9.17) is 0 Å². The minimum Gasteiger partial charge on any atom is -0.392 e. The van der Waals surface area contributed by atoms with Crippen LogP contribution >= 0.6 is 0 Å². The number of Topliss-reactive ketones (excluding diaryl/α,β-unsaturated/α-hetero) is 1. The number of hydrogen-bond acceptors (Lipinski definition) is 2. The zero-order valence-corrected chi connectivity index (χ0v) is 8.96. The molecule has 0 amide bonds. The maximum Gasteiger partial charge on any atom is 0.135 e. The van der Waals surface area contributed by atoms with Gasteiger partial charge >= 0.3 is 0 Å². The van der Waals surface area contributed by atoms with Crippen LogP contribution in [0.3, 0.4) is 0 Å². The molecule has 0 aromatic carbocycles. The van der Waals surface area contributed by atoms with Crippen molar-refractivity contribution in [3.63, 3.8) is 0 Å². The van der Waals surface area contributed by atoms with Gasteiger partial charge in [-0.2, -0.15) is 0 Å². The normalized spacial score (nSPS) is 33.9. The molecule has 0 bridgehead atoms. The van der Waals surface area contributed by atoms with E-state index in [1.54, 1.807) is 0 Å². The third-order valence-electron chi connectivity index (χ3n) is 3.51. The van der Waals surface area contributed by atoms with E-state index < -0.39 is 6.10 Å². The third kappa shape index (κ3) is 2.24. The molecule has 0 radical (unpaired) electrons. The molecule has 2 heteroatoms. The fourth-order valence-electron chi connectivity index (χ4n) is 2.42. The average molecular weight is 196 g/mol. The van der Waals surface area contributed by atoms with E-state index in [2.05, 4.69) is 13.5 Å². The minimum atomic E-state index is -0.472. The first kappa shape index (κ1) is 11.4. The van der Waals surface area contributed by atoms with E-state index in [1.807, 2.05) is 6.08 Å². The molecule has 2 nitrogen and oxygen atoms in total. The zero-order valence-electron chi connectivity index (χ0n) is 8.96. The summed E-state index contributed by atoms with van der Waals surface area (Å²) in [6, 6.07) is 0. The number of aliphatic hydroxyl groups is 1. The highest BCUT2D eigenvalue weighted by Crippen LogP contribution is 2.40. The molecule has 0 aliphatic heterocycles. The van der Waals surface area contributed by atoms with Gasteiger partial charge in [-0.25, -0.2) is 0 Å². The molecule has 1 aliphatic carbocycles. The van der Waals surface area contributed by atoms with Crippen LogP contribution < -0.4 is 0 Å². The predicted molar refractivity (Wildman–Crippen MR) is 57.0 cm³/mol. The van der Waals surface area contributed by atoms with Crippen LogP contribution in [0.25, 0.3) is 0 Å². The first-order valence-corrected chi connectivity index (χ1v) is 5.45. The van der Waals surface area contributed by atoms with E-state index in [1.165, 1.54) is 0 Å². The standard InChI is InChI=1S/C12H20O2/c1-3-7-12(4-2)8-5-6-10(13)9-11(12)14/h3,11,14H,1,4-9H2,2H3/t11?,12-/m1/s1. The Kier molecular flexibility index (Phi) is 3.87. The van der Waals surface area contributed by atoms with Gasteiger partial charge in [-0.1, -0.05) is 13.0 Å². The molecule has 1 N–H and O–H groups in total.